The molecule has 0 spiro atoms. The van der Waals surface area contributed by atoms with Crippen LogP contribution in [0, 0.1) is 17.1 Å². The van der Waals surface area contributed by atoms with Crippen molar-refractivity contribution >= 4 is 21.6 Å². The van der Waals surface area contributed by atoms with E-state index in [2.05, 4.69) is 16.0 Å². The van der Waals surface area contributed by atoms with Gasteiger partial charge in [-0.05, 0) is 43.2 Å². The zero-order valence-corrected chi connectivity index (χ0v) is 18.4. The van der Waals surface area contributed by atoms with Crippen molar-refractivity contribution in [2.24, 2.45) is 0 Å². The summed E-state index contributed by atoms with van der Waals surface area (Å²) in [6.07, 6.45) is 3.18. The lowest BCUT2D eigenvalue weighted by Gasteiger charge is -2.41. The number of sulfone groups is 1. The SMILES string of the molecule is COc1ccc(F)cc1S(=O)(=O)CCC(=O)N1CC2CCC(C1)N2c1ccc(C#N)cn1. The Morgan fingerprint density at radius 1 is 1.25 bits per heavy atom. The van der Waals surface area contributed by atoms with Crippen LogP contribution < -0.4 is 9.64 Å². The molecule has 1 aromatic carbocycles. The van der Waals surface area contributed by atoms with Gasteiger partial charge < -0.3 is 14.5 Å². The molecule has 2 aliphatic rings. The summed E-state index contributed by atoms with van der Waals surface area (Å²) in [5, 5.41) is 8.96. The van der Waals surface area contributed by atoms with Crippen molar-refractivity contribution in [3.05, 3.63) is 47.9 Å². The average molecular weight is 459 g/mol. The van der Waals surface area contributed by atoms with Crippen LogP contribution in [0.25, 0.3) is 0 Å². The van der Waals surface area contributed by atoms with Crippen LogP contribution in [-0.4, -0.2) is 62.2 Å². The van der Waals surface area contributed by atoms with Crippen molar-refractivity contribution < 1.29 is 22.3 Å². The largest absolute Gasteiger partial charge is 0.495 e. The smallest absolute Gasteiger partial charge is 0.223 e. The van der Waals surface area contributed by atoms with Crippen molar-refractivity contribution in [1.82, 2.24) is 9.88 Å². The van der Waals surface area contributed by atoms with Gasteiger partial charge in [-0.2, -0.15) is 5.26 Å². The van der Waals surface area contributed by atoms with Gasteiger partial charge in [-0.25, -0.2) is 17.8 Å². The summed E-state index contributed by atoms with van der Waals surface area (Å²) in [5.74, 6) is -0.504. The molecule has 1 aromatic heterocycles. The lowest BCUT2D eigenvalue weighted by Crippen LogP contribution is -2.55. The molecular formula is C22H23FN4O4S. The summed E-state index contributed by atoms with van der Waals surface area (Å²) in [6, 6.07) is 9.10. The highest BCUT2D eigenvalue weighted by Gasteiger charge is 2.42. The summed E-state index contributed by atoms with van der Waals surface area (Å²) in [4.78, 5) is 20.9. The van der Waals surface area contributed by atoms with Gasteiger partial charge in [-0.1, -0.05) is 0 Å². The number of nitrogens with zero attached hydrogens (tertiary/aromatic N) is 4. The summed E-state index contributed by atoms with van der Waals surface area (Å²) >= 11 is 0. The first-order valence-electron chi connectivity index (χ1n) is 10.3. The van der Waals surface area contributed by atoms with E-state index in [4.69, 9.17) is 10.00 Å². The molecule has 168 valence electrons. The van der Waals surface area contributed by atoms with Crippen LogP contribution in [0.4, 0.5) is 10.2 Å². The number of rotatable bonds is 6. The van der Waals surface area contributed by atoms with Crippen LogP contribution in [0.3, 0.4) is 0 Å². The molecule has 2 aromatic rings. The number of likely N-dealkylation sites (tertiary alicyclic amines) is 1. The molecule has 2 aliphatic heterocycles. The van der Waals surface area contributed by atoms with Gasteiger partial charge in [0.25, 0.3) is 0 Å². The number of ether oxygens (including phenoxy) is 1. The summed E-state index contributed by atoms with van der Waals surface area (Å²) in [5.41, 5.74) is 0.492. The second kappa shape index (κ2) is 8.74. The van der Waals surface area contributed by atoms with Crippen molar-refractivity contribution in [2.45, 2.75) is 36.2 Å². The van der Waals surface area contributed by atoms with Crippen LogP contribution in [0.15, 0.2) is 41.4 Å². The predicted molar refractivity (Wildman–Crippen MR) is 114 cm³/mol. The molecule has 2 unspecified atom stereocenters. The first-order valence-corrected chi connectivity index (χ1v) is 12.0. The Balaban J connectivity index is 1.41. The average Bonchev–Trinajstić information content (AvgIpc) is 3.06. The van der Waals surface area contributed by atoms with Crippen LogP contribution in [-0.2, 0) is 14.6 Å². The van der Waals surface area contributed by atoms with E-state index in [0.29, 0.717) is 18.7 Å². The zero-order valence-electron chi connectivity index (χ0n) is 17.6. The second-order valence-corrected chi connectivity index (χ2v) is 10.0. The zero-order chi connectivity index (χ0) is 22.9. The van der Waals surface area contributed by atoms with E-state index in [9.17, 15) is 17.6 Å². The first kappa shape index (κ1) is 22.0. The Kier molecular flexibility index (Phi) is 6.02. The number of pyridine rings is 1. The van der Waals surface area contributed by atoms with Gasteiger partial charge in [0.15, 0.2) is 9.84 Å². The maximum Gasteiger partial charge on any atom is 0.223 e. The number of aromatic nitrogens is 1. The molecule has 32 heavy (non-hydrogen) atoms. The van der Waals surface area contributed by atoms with Gasteiger partial charge in [-0.15, -0.1) is 0 Å². The van der Waals surface area contributed by atoms with E-state index in [1.807, 2.05) is 6.07 Å². The van der Waals surface area contributed by atoms with E-state index in [-0.39, 0.29) is 35.1 Å². The van der Waals surface area contributed by atoms with E-state index in [1.165, 1.54) is 19.4 Å². The minimum Gasteiger partial charge on any atom is -0.495 e. The van der Waals surface area contributed by atoms with Gasteiger partial charge >= 0.3 is 0 Å². The Morgan fingerprint density at radius 2 is 1.97 bits per heavy atom. The molecule has 2 bridgehead atoms. The van der Waals surface area contributed by atoms with Crippen LogP contribution in [0.2, 0.25) is 0 Å². The molecule has 2 atom stereocenters. The topological polar surface area (TPSA) is 104 Å². The monoisotopic (exact) mass is 458 g/mol. The first-order chi connectivity index (χ1) is 15.3. The highest BCUT2D eigenvalue weighted by atomic mass is 32.2. The number of nitriles is 1. The fourth-order valence-corrected chi connectivity index (χ4v) is 5.88. The maximum atomic E-state index is 13.6. The van der Waals surface area contributed by atoms with Crippen molar-refractivity contribution in [2.75, 3.05) is 30.9 Å². The quantitative estimate of drug-likeness (QED) is 0.653. The van der Waals surface area contributed by atoms with E-state index < -0.39 is 21.4 Å². The Labute approximate surface area is 186 Å². The Hall–Kier alpha value is -3.19. The summed E-state index contributed by atoms with van der Waals surface area (Å²) in [7, 11) is -2.58. The van der Waals surface area contributed by atoms with Gasteiger partial charge in [0.05, 0.1) is 18.4 Å². The number of hydrogen-bond acceptors (Lipinski definition) is 7. The molecule has 0 aliphatic carbocycles. The van der Waals surface area contributed by atoms with Gasteiger partial charge in [-0.3, -0.25) is 4.79 Å². The molecule has 0 radical (unpaired) electrons. The molecule has 10 heteroatoms. The standard InChI is InChI=1S/C22H23FN4O4S/c1-31-19-6-3-16(23)10-20(19)32(29,30)9-8-22(28)26-13-17-4-5-18(14-26)27(17)21-7-2-15(11-24)12-25-21/h2-3,6-7,10,12,17-18H,4-5,8-9,13-14H2,1H3. The lowest BCUT2D eigenvalue weighted by molar-refractivity contribution is -0.131. The number of benzene rings is 1. The molecule has 4 rings (SSSR count). The highest BCUT2D eigenvalue weighted by Crippen LogP contribution is 2.34. The number of hydrogen-bond donors (Lipinski definition) is 0. The fourth-order valence-electron chi connectivity index (χ4n) is 4.47. The number of piperazine rings is 1. The third kappa shape index (κ3) is 4.25. The number of halogens is 1. The number of carbonyl (C=O) groups is 1. The van der Waals surface area contributed by atoms with Gasteiger partial charge in [0.1, 0.15) is 28.3 Å². The summed E-state index contributed by atoms with van der Waals surface area (Å²) < 4.78 is 44.1. The fraction of sp³-hybridized carbons (Fsp3) is 0.409. The predicted octanol–water partition coefficient (Wildman–Crippen LogP) is 2.14. The molecule has 2 fully saturated rings. The van der Waals surface area contributed by atoms with Crippen molar-refractivity contribution in [3.63, 3.8) is 0 Å². The Bertz CT molecular complexity index is 1150. The number of anilines is 1. The van der Waals surface area contributed by atoms with Crippen molar-refractivity contribution in [1.29, 1.82) is 5.26 Å². The molecule has 1 amide bonds. The van der Waals surface area contributed by atoms with Crippen LogP contribution >= 0.6 is 0 Å². The molecular weight excluding hydrogens is 435 g/mol. The minimum atomic E-state index is -3.89. The highest BCUT2D eigenvalue weighted by molar-refractivity contribution is 7.91. The molecule has 2 saturated heterocycles. The minimum absolute atomic E-state index is 0.0559. The Morgan fingerprint density at radius 3 is 2.56 bits per heavy atom. The second-order valence-electron chi connectivity index (χ2n) is 7.97. The molecule has 0 saturated carbocycles. The molecule has 3 heterocycles. The van der Waals surface area contributed by atoms with E-state index >= 15 is 0 Å². The maximum absolute atomic E-state index is 13.6. The third-order valence-electron chi connectivity index (χ3n) is 6.02. The van der Waals surface area contributed by atoms with Crippen molar-refractivity contribution in [3.8, 4) is 11.8 Å². The number of fused-ring (bicyclic) bond motifs is 2. The molecule has 8 nitrogen and oxygen atoms in total. The van der Waals surface area contributed by atoms with Crippen LogP contribution in [0.5, 0.6) is 5.75 Å². The normalized spacial score (nSPS) is 20.2. The summed E-state index contributed by atoms with van der Waals surface area (Å²) in [6.45, 7) is 0.973. The number of amides is 1. The lowest BCUT2D eigenvalue weighted by atomic mass is 10.1. The van der Waals surface area contributed by atoms with E-state index in [1.54, 1.807) is 11.0 Å². The van der Waals surface area contributed by atoms with Gasteiger partial charge in [0.2, 0.25) is 5.91 Å². The van der Waals surface area contributed by atoms with Gasteiger partial charge in [0, 0.05) is 37.8 Å². The molecule has 0 N–H and O–H groups in total. The van der Waals surface area contributed by atoms with Crippen LogP contribution in [0.1, 0.15) is 24.8 Å². The number of methoxy groups -OCH3 is 1. The van der Waals surface area contributed by atoms with E-state index in [0.717, 1.165) is 30.8 Å². The third-order valence-corrected chi connectivity index (χ3v) is 7.75. The number of carbonyl (C=O) groups excluding carboxylic acids is 1.